The predicted molar refractivity (Wildman–Crippen MR) is 133 cm³/mol. The van der Waals surface area contributed by atoms with Crippen molar-refractivity contribution in [3.8, 4) is 11.4 Å². The second-order valence-electron chi connectivity index (χ2n) is 8.61. The summed E-state index contributed by atoms with van der Waals surface area (Å²) in [5.41, 5.74) is 0.730. The molecule has 2 aromatic rings. The van der Waals surface area contributed by atoms with Crippen LogP contribution in [-0.4, -0.2) is 63.3 Å². The highest BCUT2D eigenvalue weighted by Crippen LogP contribution is 2.33. The average Bonchev–Trinajstić information content (AvgIpc) is 3.35. The molecule has 4 rings (SSSR count). The third-order valence-electron chi connectivity index (χ3n) is 6.39. The minimum atomic E-state index is -3.07. The minimum Gasteiger partial charge on any atom is -0.335 e. The molecule has 7 nitrogen and oxygen atoms in total. The smallest absolute Gasteiger partial charge is 0.233 e. The van der Waals surface area contributed by atoms with Crippen LogP contribution in [0.3, 0.4) is 0 Å². The van der Waals surface area contributed by atoms with Crippen molar-refractivity contribution in [3.63, 3.8) is 0 Å². The van der Waals surface area contributed by atoms with Crippen LogP contribution >= 0.6 is 35.0 Å². The Hall–Kier alpha value is -1.29. The Morgan fingerprint density at radius 3 is 2.55 bits per heavy atom. The van der Waals surface area contributed by atoms with Gasteiger partial charge in [-0.2, -0.15) is 0 Å². The number of nitrogens with zero attached hydrogens (tertiary/aromatic N) is 4. The van der Waals surface area contributed by atoms with Crippen LogP contribution in [0.15, 0.2) is 23.4 Å². The zero-order valence-corrected chi connectivity index (χ0v) is 21.7. The molecular formula is C22H28Cl2N4O3S2. The zero-order chi connectivity index (χ0) is 23.6. The maximum Gasteiger partial charge on any atom is 0.233 e. The highest BCUT2D eigenvalue weighted by molar-refractivity contribution is 7.99. The molecular weight excluding hydrogens is 503 g/mol. The fourth-order valence-electron chi connectivity index (χ4n) is 4.81. The van der Waals surface area contributed by atoms with Crippen LogP contribution in [0, 0.1) is 0 Å². The summed E-state index contributed by atoms with van der Waals surface area (Å²) in [6, 6.07) is 5.13. The van der Waals surface area contributed by atoms with Crippen molar-refractivity contribution in [2.45, 2.75) is 69.2 Å². The van der Waals surface area contributed by atoms with Crippen LogP contribution in [0.2, 0.25) is 10.0 Å². The molecule has 1 saturated carbocycles. The number of aromatic nitrogens is 3. The first-order chi connectivity index (χ1) is 15.8. The SMILES string of the molecule is CCn1c(SCC(=O)N(C2CCCCC2)[C@@H]2CCS(=O)(=O)C2)nnc1-c1ccc(Cl)cc1Cl. The van der Waals surface area contributed by atoms with E-state index in [1.165, 1.54) is 18.2 Å². The first-order valence-corrected chi connectivity index (χ1v) is 14.9. The van der Waals surface area contributed by atoms with Gasteiger partial charge < -0.3 is 9.47 Å². The highest BCUT2D eigenvalue weighted by atomic mass is 35.5. The third-order valence-corrected chi connectivity index (χ3v) is 9.64. The Labute approximate surface area is 209 Å². The largest absolute Gasteiger partial charge is 0.335 e. The predicted octanol–water partition coefficient (Wildman–Crippen LogP) is 4.71. The molecule has 2 aliphatic rings. The molecule has 1 atom stereocenters. The number of hydrogen-bond donors (Lipinski definition) is 0. The maximum absolute atomic E-state index is 13.4. The molecule has 2 heterocycles. The lowest BCUT2D eigenvalue weighted by Gasteiger charge is -2.38. The van der Waals surface area contributed by atoms with Gasteiger partial charge in [0.2, 0.25) is 5.91 Å². The van der Waals surface area contributed by atoms with Gasteiger partial charge in [0.05, 0.1) is 22.3 Å². The van der Waals surface area contributed by atoms with Crippen molar-refractivity contribution in [2.24, 2.45) is 0 Å². The van der Waals surface area contributed by atoms with Crippen molar-refractivity contribution < 1.29 is 13.2 Å². The Bertz CT molecular complexity index is 1120. The Morgan fingerprint density at radius 2 is 1.91 bits per heavy atom. The molecule has 0 N–H and O–H groups in total. The number of hydrogen-bond acceptors (Lipinski definition) is 6. The molecule has 1 aromatic carbocycles. The molecule has 0 radical (unpaired) electrons. The van der Waals surface area contributed by atoms with E-state index in [9.17, 15) is 13.2 Å². The lowest BCUT2D eigenvalue weighted by molar-refractivity contribution is -0.133. The van der Waals surface area contributed by atoms with Gasteiger partial charge >= 0.3 is 0 Å². The Morgan fingerprint density at radius 1 is 1.15 bits per heavy atom. The molecule has 1 saturated heterocycles. The van der Waals surface area contributed by atoms with Crippen LogP contribution in [0.5, 0.6) is 0 Å². The van der Waals surface area contributed by atoms with Crippen molar-refractivity contribution in [1.82, 2.24) is 19.7 Å². The topological polar surface area (TPSA) is 85.2 Å². The van der Waals surface area contributed by atoms with Crippen molar-refractivity contribution in [3.05, 3.63) is 28.2 Å². The molecule has 1 aliphatic heterocycles. The molecule has 180 valence electrons. The molecule has 1 amide bonds. The summed E-state index contributed by atoms with van der Waals surface area (Å²) < 4.78 is 26.2. The van der Waals surface area contributed by atoms with E-state index in [-0.39, 0.29) is 35.2 Å². The summed E-state index contributed by atoms with van der Waals surface area (Å²) >= 11 is 13.7. The summed E-state index contributed by atoms with van der Waals surface area (Å²) in [6.45, 7) is 2.60. The van der Waals surface area contributed by atoms with Crippen LogP contribution in [0.25, 0.3) is 11.4 Å². The summed E-state index contributed by atoms with van der Waals surface area (Å²) in [4.78, 5) is 15.3. The first-order valence-electron chi connectivity index (χ1n) is 11.3. The summed E-state index contributed by atoms with van der Waals surface area (Å²) in [5.74, 6) is 1.03. The minimum absolute atomic E-state index is 0.0225. The van der Waals surface area contributed by atoms with E-state index < -0.39 is 9.84 Å². The number of thioether (sulfide) groups is 1. The van der Waals surface area contributed by atoms with Gasteiger partial charge in [-0.1, -0.05) is 54.2 Å². The lowest BCUT2D eigenvalue weighted by atomic mass is 9.93. The maximum atomic E-state index is 13.4. The summed E-state index contributed by atoms with van der Waals surface area (Å²) in [7, 11) is -3.07. The number of rotatable bonds is 7. The van der Waals surface area contributed by atoms with Crippen LogP contribution in [-0.2, 0) is 21.2 Å². The first kappa shape index (κ1) is 24.8. The quantitative estimate of drug-likeness (QED) is 0.481. The number of carbonyl (C=O) groups excluding carboxylic acids is 1. The van der Waals surface area contributed by atoms with Crippen molar-refractivity contribution >= 4 is 50.7 Å². The van der Waals surface area contributed by atoms with E-state index in [0.717, 1.165) is 31.2 Å². The van der Waals surface area contributed by atoms with Crippen molar-refractivity contribution in [2.75, 3.05) is 17.3 Å². The summed E-state index contributed by atoms with van der Waals surface area (Å²) in [5, 5.41) is 10.3. The number of benzene rings is 1. The number of sulfone groups is 1. The second-order valence-corrected chi connectivity index (χ2v) is 12.6. The molecule has 2 fully saturated rings. The monoisotopic (exact) mass is 530 g/mol. The fraction of sp³-hybridized carbons (Fsp3) is 0.591. The highest BCUT2D eigenvalue weighted by Gasteiger charge is 2.38. The normalized spacial score (nSPS) is 20.8. The molecule has 11 heteroatoms. The number of amides is 1. The summed E-state index contributed by atoms with van der Waals surface area (Å²) in [6.07, 6.45) is 5.74. The third kappa shape index (κ3) is 5.69. The molecule has 1 aromatic heterocycles. The average molecular weight is 532 g/mol. The van der Waals surface area contributed by atoms with E-state index in [1.807, 2.05) is 22.5 Å². The number of halogens is 2. The van der Waals surface area contributed by atoms with E-state index in [1.54, 1.807) is 12.1 Å². The molecule has 0 spiro atoms. The van der Waals surface area contributed by atoms with Crippen LogP contribution < -0.4 is 0 Å². The van der Waals surface area contributed by atoms with Crippen molar-refractivity contribution in [1.29, 1.82) is 0 Å². The molecule has 33 heavy (non-hydrogen) atoms. The van der Waals surface area contributed by atoms with Gasteiger partial charge in [-0.3, -0.25) is 4.79 Å². The molecule has 0 bridgehead atoms. The van der Waals surface area contributed by atoms with Crippen LogP contribution in [0.4, 0.5) is 0 Å². The molecule has 1 aliphatic carbocycles. The van der Waals surface area contributed by atoms with E-state index in [4.69, 9.17) is 23.2 Å². The Kier molecular flexibility index (Phi) is 7.93. The van der Waals surface area contributed by atoms with E-state index in [0.29, 0.717) is 34.0 Å². The van der Waals surface area contributed by atoms with Gasteiger partial charge in [0, 0.05) is 29.2 Å². The Balaban J connectivity index is 1.52. The second kappa shape index (κ2) is 10.5. The van der Waals surface area contributed by atoms with Gasteiger partial charge in [0.15, 0.2) is 20.8 Å². The van der Waals surface area contributed by atoms with Gasteiger partial charge in [-0.25, -0.2) is 8.42 Å². The van der Waals surface area contributed by atoms with Gasteiger partial charge in [-0.15, -0.1) is 10.2 Å². The fourth-order valence-corrected chi connectivity index (χ4v) is 7.89. The van der Waals surface area contributed by atoms with E-state index in [2.05, 4.69) is 10.2 Å². The van der Waals surface area contributed by atoms with Gasteiger partial charge in [-0.05, 0) is 44.4 Å². The standard InChI is InChI=1S/C22H28Cl2N4O3S2/c1-2-27-21(18-9-8-15(23)12-19(18)24)25-26-22(27)32-13-20(29)28(16-6-4-3-5-7-16)17-10-11-33(30,31)14-17/h8-9,12,16-17H,2-7,10-11,13-14H2,1H3/t17-/m1/s1. The lowest BCUT2D eigenvalue weighted by Crippen LogP contribution is -2.49. The number of carbonyl (C=O) groups is 1. The van der Waals surface area contributed by atoms with Gasteiger partial charge in [0.1, 0.15) is 0 Å². The zero-order valence-electron chi connectivity index (χ0n) is 18.5. The van der Waals surface area contributed by atoms with Crippen LogP contribution in [0.1, 0.15) is 45.4 Å². The van der Waals surface area contributed by atoms with Gasteiger partial charge in [0.25, 0.3) is 0 Å². The molecule has 0 unspecified atom stereocenters. The van der Waals surface area contributed by atoms with E-state index >= 15 is 0 Å².